The van der Waals surface area contributed by atoms with Crippen LogP contribution in [0.25, 0.3) is 0 Å². The fraction of sp³-hybridized carbons (Fsp3) is 0.429. The number of nitrogens with one attached hydrogen (secondary N) is 1. The van der Waals surface area contributed by atoms with E-state index in [-0.39, 0.29) is 17.4 Å². The first kappa shape index (κ1) is 13.3. The van der Waals surface area contributed by atoms with Crippen molar-refractivity contribution >= 4 is 11.7 Å². The van der Waals surface area contributed by atoms with Crippen LogP contribution in [-0.4, -0.2) is 17.6 Å². The lowest BCUT2D eigenvalue weighted by molar-refractivity contribution is -0.137. The third-order valence-corrected chi connectivity index (χ3v) is 3.58. The van der Waals surface area contributed by atoms with Gasteiger partial charge in [0.2, 0.25) is 0 Å². The van der Waals surface area contributed by atoms with Crippen molar-refractivity contribution in [2.24, 2.45) is 5.41 Å². The predicted octanol–water partition coefficient (Wildman–Crippen LogP) is 2.75. The van der Waals surface area contributed by atoms with Gasteiger partial charge in [0, 0.05) is 13.0 Å². The van der Waals surface area contributed by atoms with Crippen LogP contribution in [0, 0.1) is 22.6 Å². The van der Waals surface area contributed by atoms with Gasteiger partial charge in [-0.05, 0) is 42.9 Å². The Morgan fingerprint density at radius 3 is 2.79 bits per heavy atom. The number of carboxylic acids is 1. The molecule has 0 radical (unpaired) electrons. The van der Waals surface area contributed by atoms with Crippen LogP contribution in [0.15, 0.2) is 18.2 Å². The van der Waals surface area contributed by atoms with Gasteiger partial charge in [-0.2, -0.15) is 5.26 Å². The van der Waals surface area contributed by atoms with Gasteiger partial charge < -0.3 is 10.4 Å². The van der Waals surface area contributed by atoms with Gasteiger partial charge in [-0.25, -0.2) is 4.39 Å². The minimum Gasteiger partial charge on any atom is -0.481 e. The number of hydrogen-bond donors (Lipinski definition) is 2. The zero-order valence-corrected chi connectivity index (χ0v) is 10.4. The van der Waals surface area contributed by atoms with Crippen LogP contribution in [0.5, 0.6) is 0 Å². The van der Waals surface area contributed by atoms with Crippen LogP contribution in [0.3, 0.4) is 0 Å². The number of carboxylic acid groups (broad SMARTS) is 1. The van der Waals surface area contributed by atoms with Gasteiger partial charge in [-0.3, -0.25) is 4.79 Å². The zero-order chi connectivity index (χ0) is 13.9. The maximum Gasteiger partial charge on any atom is 0.303 e. The number of hydrogen-bond acceptors (Lipinski definition) is 3. The molecule has 1 aromatic carbocycles. The summed E-state index contributed by atoms with van der Waals surface area (Å²) in [6.07, 6.45) is 2.72. The third kappa shape index (κ3) is 3.44. The Balaban J connectivity index is 1.92. The molecule has 0 aromatic heterocycles. The Hall–Kier alpha value is -2.09. The minimum absolute atomic E-state index is 0.00126. The number of nitrogens with zero attached hydrogens (tertiary/aromatic N) is 1. The summed E-state index contributed by atoms with van der Waals surface area (Å²) in [7, 11) is 0. The Morgan fingerprint density at radius 2 is 2.26 bits per heavy atom. The van der Waals surface area contributed by atoms with E-state index < -0.39 is 11.8 Å². The van der Waals surface area contributed by atoms with E-state index in [9.17, 15) is 9.18 Å². The molecule has 0 saturated heterocycles. The van der Waals surface area contributed by atoms with Crippen molar-refractivity contribution in [3.63, 3.8) is 0 Å². The largest absolute Gasteiger partial charge is 0.481 e. The summed E-state index contributed by atoms with van der Waals surface area (Å²) in [5, 5.41) is 20.3. The van der Waals surface area contributed by atoms with Crippen molar-refractivity contribution in [1.29, 1.82) is 5.26 Å². The summed E-state index contributed by atoms with van der Waals surface area (Å²) in [5.74, 6) is -1.25. The van der Waals surface area contributed by atoms with Crippen molar-refractivity contribution in [2.75, 3.05) is 11.9 Å². The van der Waals surface area contributed by atoms with E-state index in [4.69, 9.17) is 10.4 Å². The van der Waals surface area contributed by atoms with Crippen molar-refractivity contribution in [3.8, 4) is 6.07 Å². The minimum atomic E-state index is -0.796. The van der Waals surface area contributed by atoms with Crippen molar-refractivity contribution in [3.05, 3.63) is 29.6 Å². The van der Waals surface area contributed by atoms with Crippen LogP contribution >= 0.6 is 0 Å². The Bertz CT molecular complexity index is 533. The van der Waals surface area contributed by atoms with E-state index in [0.717, 1.165) is 12.8 Å². The molecule has 4 nitrogen and oxygen atoms in total. The highest BCUT2D eigenvalue weighted by molar-refractivity contribution is 5.66. The van der Waals surface area contributed by atoms with Gasteiger partial charge in [-0.15, -0.1) is 0 Å². The summed E-state index contributed by atoms with van der Waals surface area (Å²) >= 11 is 0. The van der Waals surface area contributed by atoms with Crippen LogP contribution in [0.1, 0.15) is 31.2 Å². The zero-order valence-electron chi connectivity index (χ0n) is 10.4. The Morgan fingerprint density at radius 1 is 1.53 bits per heavy atom. The van der Waals surface area contributed by atoms with E-state index in [1.54, 1.807) is 12.1 Å². The fourth-order valence-electron chi connectivity index (χ4n) is 2.07. The van der Waals surface area contributed by atoms with Gasteiger partial charge in [-0.1, -0.05) is 0 Å². The predicted molar refractivity (Wildman–Crippen MR) is 68.1 cm³/mol. The van der Waals surface area contributed by atoms with Crippen LogP contribution < -0.4 is 5.32 Å². The number of nitriles is 1. The summed E-state index contributed by atoms with van der Waals surface area (Å²) in [6.45, 7) is 0.573. The molecule has 1 aliphatic rings. The number of anilines is 1. The maximum atomic E-state index is 13.6. The first-order chi connectivity index (χ1) is 9.04. The highest BCUT2D eigenvalue weighted by atomic mass is 19.1. The lowest BCUT2D eigenvalue weighted by Gasteiger charge is -2.16. The number of aliphatic carboxylic acids is 1. The average molecular weight is 262 g/mol. The standard InChI is InChI=1S/C14H15FN2O2/c15-11-7-10(8-16)1-2-12(11)17-9-14(5-6-14)4-3-13(18)19/h1-2,7,17H,3-6,9H2,(H,18,19). The fourth-order valence-corrected chi connectivity index (χ4v) is 2.07. The van der Waals surface area contributed by atoms with E-state index in [2.05, 4.69) is 5.32 Å². The molecular weight excluding hydrogens is 247 g/mol. The lowest BCUT2D eigenvalue weighted by Crippen LogP contribution is -2.17. The quantitative estimate of drug-likeness (QED) is 0.826. The summed E-state index contributed by atoms with van der Waals surface area (Å²) in [4.78, 5) is 10.6. The molecule has 2 rings (SSSR count). The number of benzene rings is 1. The van der Waals surface area contributed by atoms with Crippen molar-refractivity contribution in [2.45, 2.75) is 25.7 Å². The second-order valence-electron chi connectivity index (χ2n) is 5.05. The first-order valence-corrected chi connectivity index (χ1v) is 6.20. The van der Waals surface area contributed by atoms with E-state index >= 15 is 0 Å². The van der Waals surface area contributed by atoms with Crippen LogP contribution in [0.4, 0.5) is 10.1 Å². The molecule has 0 aliphatic heterocycles. The molecule has 0 unspecified atom stereocenters. The highest BCUT2D eigenvalue weighted by Crippen LogP contribution is 2.49. The number of carbonyl (C=O) groups is 1. The van der Waals surface area contributed by atoms with Crippen LogP contribution in [0.2, 0.25) is 0 Å². The summed E-state index contributed by atoms with van der Waals surface area (Å²) in [6, 6.07) is 6.17. The second-order valence-corrected chi connectivity index (χ2v) is 5.05. The Labute approximate surface area is 110 Å². The summed E-state index contributed by atoms with van der Waals surface area (Å²) in [5.41, 5.74) is 0.648. The average Bonchev–Trinajstić information content (AvgIpc) is 3.15. The number of rotatable bonds is 6. The molecule has 1 saturated carbocycles. The van der Waals surface area contributed by atoms with Crippen molar-refractivity contribution < 1.29 is 14.3 Å². The number of halogens is 1. The topological polar surface area (TPSA) is 73.1 Å². The van der Waals surface area contributed by atoms with E-state index in [1.807, 2.05) is 6.07 Å². The van der Waals surface area contributed by atoms with Crippen LogP contribution in [-0.2, 0) is 4.79 Å². The Kier molecular flexibility index (Phi) is 3.70. The highest BCUT2D eigenvalue weighted by Gasteiger charge is 2.42. The summed E-state index contributed by atoms with van der Waals surface area (Å²) < 4.78 is 13.6. The molecule has 0 atom stereocenters. The molecule has 2 N–H and O–H groups in total. The van der Waals surface area contributed by atoms with E-state index in [1.165, 1.54) is 6.07 Å². The van der Waals surface area contributed by atoms with E-state index in [0.29, 0.717) is 18.7 Å². The molecular formula is C14H15FN2O2. The maximum absolute atomic E-state index is 13.6. The molecule has 19 heavy (non-hydrogen) atoms. The first-order valence-electron chi connectivity index (χ1n) is 6.20. The molecule has 1 aromatic rings. The molecule has 0 bridgehead atoms. The van der Waals surface area contributed by atoms with Gasteiger partial charge in [0.25, 0.3) is 0 Å². The monoisotopic (exact) mass is 262 g/mol. The molecule has 0 heterocycles. The van der Waals surface area contributed by atoms with Gasteiger partial charge in [0.1, 0.15) is 5.82 Å². The normalized spacial score (nSPS) is 15.6. The second kappa shape index (κ2) is 5.27. The third-order valence-electron chi connectivity index (χ3n) is 3.58. The molecule has 5 heteroatoms. The molecule has 0 amide bonds. The van der Waals surface area contributed by atoms with Gasteiger partial charge >= 0.3 is 5.97 Å². The molecule has 1 aliphatic carbocycles. The van der Waals surface area contributed by atoms with Gasteiger partial charge in [0.05, 0.1) is 17.3 Å². The molecule has 1 fully saturated rings. The van der Waals surface area contributed by atoms with Crippen molar-refractivity contribution in [1.82, 2.24) is 0 Å². The molecule has 100 valence electrons. The molecule has 0 spiro atoms. The lowest BCUT2D eigenvalue weighted by atomic mass is 10.00. The smallest absolute Gasteiger partial charge is 0.303 e. The SMILES string of the molecule is N#Cc1ccc(NCC2(CCC(=O)O)CC2)c(F)c1. The van der Waals surface area contributed by atoms with Gasteiger partial charge in [0.15, 0.2) is 0 Å².